The highest BCUT2D eigenvalue weighted by Gasteiger charge is 2.14. The van der Waals surface area contributed by atoms with Gasteiger partial charge in [0.05, 0.1) is 6.54 Å². The third-order valence-corrected chi connectivity index (χ3v) is 3.17. The molecule has 114 valence electrons. The van der Waals surface area contributed by atoms with Crippen molar-refractivity contribution in [2.24, 2.45) is 0 Å². The maximum atomic E-state index is 12.1. The lowest BCUT2D eigenvalue weighted by Gasteiger charge is -2.19. The van der Waals surface area contributed by atoms with Gasteiger partial charge in [-0.15, -0.1) is 6.42 Å². The SMILES string of the molecule is C#CCN(CCc1ccc(C)o1)C(=O)OCc1ccccc1. The van der Waals surface area contributed by atoms with Gasteiger partial charge in [0.2, 0.25) is 0 Å². The van der Waals surface area contributed by atoms with Gasteiger partial charge in [-0.25, -0.2) is 4.79 Å². The van der Waals surface area contributed by atoms with Crippen LogP contribution in [0.3, 0.4) is 0 Å². The maximum absolute atomic E-state index is 12.1. The summed E-state index contributed by atoms with van der Waals surface area (Å²) in [6.07, 6.45) is 5.52. The van der Waals surface area contributed by atoms with Gasteiger partial charge >= 0.3 is 6.09 Å². The number of benzene rings is 1. The lowest BCUT2D eigenvalue weighted by molar-refractivity contribution is 0.101. The van der Waals surface area contributed by atoms with Crippen molar-refractivity contribution in [1.29, 1.82) is 0 Å². The molecule has 4 heteroatoms. The van der Waals surface area contributed by atoms with Crippen molar-refractivity contribution >= 4 is 6.09 Å². The van der Waals surface area contributed by atoms with E-state index in [1.807, 2.05) is 49.4 Å². The number of terminal acetylenes is 1. The molecule has 1 heterocycles. The highest BCUT2D eigenvalue weighted by Crippen LogP contribution is 2.09. The molecule has 0 saturated heterocycles. The van der Waals surface area contributed by atoms with Crippen molar-refractivity contribution in [3.8, 4) is 12.3 Å². The van der Waals surface area contributed by atoms with E-state index in [2.05, 4.69) is 5.92 Å². The Bertz CT molecular complexity index is 640. The Morgan fingerprint density at radius 2 is 2.05 bits per heavy atom. The predicted molar refractivity (Wildman–Crippen MR) is 84.2 cm³/mol. The van der Waals surface area contributed by atoms with Crippen LogP contribution in [0.2, 0.25) is 0 Å². The highest BCUT2D eigenvalue weighted by atomic mass is 16.6. The molecule has 1 aromatic heterocycles. The van der Waals surface area contributed by atoms with Crippen molar-refractivity contribution in [3.63, 3.8) is 0 Å². The topological polar surface area (TPSA) is 42.7 Å². The van der Waals surface area contributed by atoms with Gasteiger partial charge in [0.15, 0.2) is 0 Å². The van der Waals surface area contributed by atoms with E-state index in [0.29, 0.717) is 13.0 Å². The minimum Gasteiger partial charge on any atom is -0.466 e. The van der Waals surface area contributed by atoms with Crippen LogP contribution in [0, 0.1) is 19.3 Å². The number of furan rings is 1. The molecule has 2 rings (SSSR count). The normalized spacial score (nSPS) is 10.0. The van der Waals surface area contributed by atoms with E-state index < -0.39 is 6.09 Å². The second-order valence-electron chi connectivity index (χ2n) is 4.93. The zero-order valence-electron chi connectivity index (χ0n) is 12.6. The summed E-state index contributed by atoms with van der Waals surface area (Å²) >= 11 is 0. The molecular formula is C18H19NO3. The van der Waals surface area contributed by atoms with Gasteiger partial charge in [-0.3, -0.25) is 4.90 Å². The van der Waals surface area contributed by atoms with Gasteiger partial charge in [-0.05, 0) is 24.6 Å². The first kappa shape index (κ1) is 15.7. The number of hydrogen-bond acceptors (Lipinski definition) is 3. The summed E-state index contributed by atoms with van der Waals surface area (Å²) in [4.78, 5) is 13.6. The van der Waals surface area contributed by atoms with Gasteiger partial charge in [-0.1, -0.05) is 36.3 Å². The first-order chi connectivity index (χ1) is 10.7. The van der Waals surface area contributed by atoms with Crippen molar-refractivity contribution in [1.82, 2.24) is 4.90 Å². The Kier molecular flexibility index (Phi) is 5.67. The molecule has 0 fully saturated rings. The second kappa shape index (κ2) is 7.94. The molecule has 0 spiro atoms. The van der Waals surface area contributed by atoms with Crippen LogP contribution in [0.1, 0.15) is 17.1 Å². The van der Waals surface area contributed by atoms with E-state index in [9.17, 15) is 4.79 Å². The van der Waals surface area contributed by atoms with Crippen LogP contribution >= 0.6 is 0 Å². The van der Waals surface area contributed by atoms with Gasteiger partial charge in [0, 0.05) is 13.0 Å². The van der Waals surface area contributed by atoms with Gasteiger partial charge < -0.3 is 9.15 Å². The molecule has 2 aromatic rings. The lowest BCUT2D eigenvalue weighted by Crippen LogP contribution is -2.33. The van der Waals surface area contributed by atoms with E-state index in [0.717, 1.165) is 17.1 Å². The number of carbonyl (C=O) groups excluding carboxylic acids is 1. The Morgan fingerprint density at radius 3 is 2.68 bits per heavy atom. The fourth-order valence-electron chi connectivity index (χ4n) is 2.02. The molecule has 0 aliphatic heterocycles. The monoisotopic (exact) mass is 297 g/mol. The molecule has 22 heavy (non-hydrogen) atoms. The molecule has 4 nitrogen and oxygen atoms in total. The van der Waals surface area contributed by atoms with Crippen molar-refractivity contribution < 1.29 is 13.9 Å². The first-order valence-electron chi connectivity index (χ1n) is 7.13. The Balaban J connectivity index is 1.86. The number of ether oxygens (including phenoxy) is 1. The second-order valence-corrected chi connectivity index (χ2v) is 4.93. The third kappa shape index (κ3) is 4.71. The molecule has 1 amide bonds. The van der Waals surface area contributed by atoms with E-state index in [-0.39, 0.29) is 13.2 Å². The minimum absolute atomic E-state index is 0.216. The largest absolute Gasteiger partial charge is 0.466 e. The molecule has 0 bridgehead atoms. The summed E-state index contributed by atoms with van der Waals surface area (Å²) in [6, 6.07) is 13.3. The van der Waals surface area contributed by atoms with Crippen LogP contribution < -0.4 is 0 Å². The average Bonchev–Trinajstić information content (AvgIpc) is 2.95. The lowest BCUT2D eigenvalue weighted by atomic mass is 10.2. The molecular weight excluding hydrogens is 278 g/mol. The van der Waals surface area contributed by atoms with Crippen LogP contribution in [0.5, 0.6) is 0 Å². The molecule has 0 unspecified atom stereocenters. The average molecular weight is 297 g/mol. The summed E-state index contributed by atoms with van der Waals surface area (Å²) in [6.45, 7) is 2.80. The Hall–Kier alpha value is -2.67. The molecule has 0 atom stereocenters. The Morgan fingerprint density at radius 1 is 1.27 bits per heavy atom. The fraction of sp³-hybridized carbons (Fsp3) is 0.278. The molecule has 0 N–H and O–H groups in total. The van der Waals surface area contributed by atoms with Crippen LogP contribution in [0.4, 0.5) is 4.79 Å². The van der Waals surface area contributed by atoms with E-state index >= 15 is 0 Å². The van der Waals surface area contributed by atoms with Gasteiger partial charge in [0.25, 0.3) is 0 Å². The predicted octanol–water partition coefficient (Wildman–Crippen LogP) is 3.40. The van der Waals surface area contributed by atoms with Crippen molar-refractivity contribution in [2.75, 3.05) is 13.1 Å². The van der Waals surface area contributed by atoms with Crippen LogP contribution in [0.25, 0.3) is 0 Å². The summed E-state index contributed by atoms with van der Waals surface area (Å²) in [5.41, 5.74) is 0.943. The van der Waals surface area contributed by atoms with Crippen LogP contribution in [-0.2, 0) is 17.8 Å². The number of amides is 1. The number of hydrogen-bond donors (Lipinski definition) is 0. The number of nitrogens with zero attached hydrogens (tertiary/aromatic N) is 1. The van der Waals surface area contributed by atoms with Crippen molar-refractivity contribution in [3.05, 3.63) is 59.5 Å². The van der Waals surface area contributed by atoms with E-state index in [1.165, 1.54) is 4.90 Å². The fourth-order valence-corrected chi connectivity index (χ4v) is 2.02. The maximum Gasteiger partial charge on any atom is 0.410 e. The number of carbonyl (C=O) groups is 1. The third-order valence-electron chi connectivity index (χ3n) is 3.17. The summed E-state index contributed by atoms with van der Waals surface area (Å²) in [5, 5.41) is 0. The molecule has 1 aromatic carbocycles. The molecule has 0 saturated carbocycles. The van der Waals surface area contributed by atoms with Gasteiger partial charge in [0.1, 0.15) is 18.1 Å². The number of aryl methyl sites for hydroxylation is 1. The molecule has 0 aliphatic carbocycles. The molecule has 0 radical (unpaired) electrons. The zero-order chi connectivity index (χ0) is 15.8. The summed E-state index contributed by atoms with van der Waals surface area (Å²) < 4.78 is 10.8. The van der Waals surface area contributed by atoms with Crippen LogP contribution in [0.15, 0.2) is 46.9 Å². The highest BCUT2D eigenvalue weighted by molar-refractivity contribution is 5.68. The first-order valence-corrected chi connectivity index (χ1v) is 7.13. The Labute approximate surface area is 130 Å². The smallest absolute Gasteiger partial charge is 0.410 e. The number of rotatable bonds is 6. The van der Waals surface area contributed by atoms with E-state index in [1.54, 1.807) is 0 Å². The van der Waals surface area contributed by atoms with Crippen molar-refractivity contribution in [2.45, 2.75) is 20.0 Å². The minimum atomic E-state index is -0.412. The standard InChI is InChI=1S/C18H19NO3/c1-3-12-19(13-11-17-10-9-15(2)22-17)18(20)21-14-16-7-5-4-6-8-16/h1,4-10H,11-14H2,2H3. The summed E-state index contributed by atoms with van der Waals surface area (Å²) in [7, 11) is 0. The van der Waals surface area contributed by atoms with E-state index in [4.69, 9.17) is 15.6 Å². The summed E-state index contributed by atoms with van der Waals surface area (Å²) in [5.74, 6) is 4.16. The van der Waals surface area contributed by atoms with Crippen LogP contribution in [-0.4, -0.2) is 24.1 Å². The molecule has 0 aliphatic rings. The quantitative estimate of drug-likeness (QED) is 0.767. The zero-order valence-corrected chi connectivity index (χ0v) is 12.6. The van der Waals surface area contributed by atoms with Gasteiger partial charge in [-0.2, -0.15) is 0 Å².